The number of thioether (sulfide) groups is 1. The number of amidine groups is 1. The molecule has 1 aromatic rings. The van der Waals surface area contributed by atoms with Crippen LogP contribution in [0.4, 0.5) is 4.79 Å². The molecule has 9 heteroatoms. The summed E-state index contributed by atoms with van der Waals surface area (Å²) in [5, 5.41) is 13.0. The zero-order chi connectivity index (χ0) is 24.0. The van der Waals surface area contributed by atoms with Crippen LogP contribution in [0.15, 0.2) is 34.3 Å². The van der Waals surface area contributed by atoms with Crippen LogP contribution in [0.2, 0.25) is 0 Å². The minimum Gasteiger partial charge on any atom is -0.493 e. The van der Waals surface area contributed by atoms with Gasteiger partial charge in [-0.15, -0.1) is 11.8 Å². The Morgan fingerprint density at radius 2 is 1.94 bits per heavy atom. The maximum Gasteiger partial charge on any atom is 0.323 e. The first kappa shape index (κ1) is 23.2. The molecule has 3 atom stereocenters. The predicted molar refractivity (Wildman–Crippen MR) is 130 cm³/mol. The number of aliphatic imine (C=N–C) groups is 1. The number of hydrogen-bond acceptors (Lipinski definition) is 7. The standard InChI is InChI=1S/C25H31N3O5S/c1-14-4-7-16(8-5-14)28(11-10-15-6-9-17(32-2)18(12-15)33-3)24(31)27-23-20-19(13-26-23)34-25(20)21(29)22(25)30/h6,9,12-14,16,20-21,29H,4-5,7-8,10-11H2,1-3H3,(H,26,27,31)/t14-,16-,20?,21?,25?. The van der Waals surface area contributed by atoms with E-state index in [0.717, 1.165) is 36.2 Å². The lowest BCUT2D eigenvalue weighted by molar-refractivity contribution is -0.113. The van der Waals surface area contributed by atoms with E-state index < -0.39 is 10.9 Å². The molecular formula is C25H31N3O5S. The minimum atomic E-state index is -0.971. The average Bonchev–Trinajstić information content (AvgIpc) is 3.21. The Morgan fingerprint density at radius 3 is 2.59 bits per heavy atom. The van der Waals surface area contributed by atoms with Crippen LogP contribution in [0, 0.1) is 11.8 Å². The molecule has 0 bridgehead atoms. The highest BCUT2D eigenvalue weighted by molar-refractivity contribution is 8.07. The first-order valence-corrected chi connectivity index (χ1v) is 12.7. The number of benzene rings is 1. The molecule has 3 fully saturated rings. The number of methoxy groups -OCH3 is 2. The van der Waals surface area contributed by atoms with E-state index in [1.165, 1.54) is 11.8 Å². The summed E-state index contributed by atoms with van der Waals surface area (Å²) in [5.74, 6) is 2.00. The van der Waals surface area contributed by atoms with E-state index in [-0.39, 0.29) is 23.8 Å². The molecule has 2 aliphatic carbocycles. The van der Waals surface area contributed by atoms with Crippen LogP contribution in [0.1, 0.15) is 38.2 Å². The summed E-state index contributed by atoms with van der Waals surface area (Å²) in [6, 6.07) is 5.79. The summed E-state index contributed by atoms with van der Waals surface area (Å²) in [5.41, 5.74) is 1.06. The van der Waals surface area contributed by atoms with Gasteiger partial charge in [-0.25, -0.2) is 9.79 Å². The molecule has 1 spiro atoms. The molecule has 2 amide bonds. The van der Waals surface area contributed by atoms with Gasteiger partial charge in [-0.3, -0.25) is 10.1 Å². The number of ketones is 1. The van der Waals surface area contributed by atoms with E-state index in [1.54, 1.807) is 20.4 Å². The summed E-state index contributed by atoms with van der Waals surface area (Å²) in [6.07, 6.45) is 5.54. The summed E-state index contributed by atoms with van der Waals surface area (Å²) >= 11 is 1.37. The highest BCUT2D eigenvalue weighted by atomic mass is 32.2. The summed E-state index contributed by atoms with van der Waals surface area (Å²) in [7, 11) is 3.22. The van der Waals surface area contributed by atoms with E-state index in [1.807, 2.05) is 23.1 Å². The second-order valence-corrected chi connectivity index (χ2v) is 11.0. The first-order chi connectivity index (χ1) is 16.4. The molecule has 34 heavy (non-hydrogen) atoms. The minimum absolute atomic E-state index is 0.156. The van der Waals surface area contributed by atoms with Crippen molar-refractivity contribution in [2.75, 3.05) is 20.8 Å². The van der Waals surface area contributed by atoms with Crippen LogP contribution in [0.5, 0.6) is 11.5 Å². The highest BCUT2D eigenvalue weighted by Gasteiger charge is 2.78. The molecular weight excluding hydrogens is 454 g/mol. The fraction of sp³-hybridized carbons (Fsp3) is 0.560. The maximum atomic E-state index is 13.5. The van der Waals surface area contributed by atoms with E-state index >= 15 is 0 Å². The van der Waals surface area contributed by atoms with Crippen molar-refractivity contribution in [3.63, 3.8) is 0 Å². The van der Waals surface area contributed by atoms with Gasteiger partial charge in [0.25, 0.3) is 0 Å². The van der Waals surface area contributed by atoms with Crippen molar-refractivity contribution in [2.45, 2.75) is 55.9 Å². The number of rotatable bonds is 6. The van der Waals surface area contributed by atoms with Gasteiger partial charge in [-0.05, 0) is 55.7 Å². The van der Waals surface area contributed by atoms with Gasteiger partial charge in [-0.1, -0.05) is 13.0 Å². The number of nitrogens with zero attached hydrogens (tertiary/aromatic N) is 2. The smallest absolute Gasteiger partial charge is 0.323 e. The molecule has 2 heterocycles. The number of Topliss-reactive ketones (excluding diaryl/α,β-unsaturated/α-hetero) is 1. The van der Waals surface area contributed by atoms with Crippen LogP contribution in [-0.4, -0.2) is 65.3 Å². The van der Waals surface area contributed by atoms with Crippen molar-refractivity contribution < 1.29 is 24.2 Å². The third kappa shape index (κ3) is 3.79. The van der Waals surface area contributed by atoms with E-state index in [9.17, 15) is 14.7 Å². The second kappa shape index (κ2) is 8.92. The van der Waals surface area contributed by atoms with Gasteiger partial charge in [0.05, 0.1) is 20.1 Å². The number of urea groups is 1. The van der Waals surface area contributed by atoms with Gasteiger partial charge < -0.3 is 19.5 Å². The van der Waals surface area contributed by atoms with Gasteiger partial charge in [0.15, 0.2) is 17.3 Å². The number of aliphatic hydroxyl groups is 1. The van der Waals surface area contributed by atoms with Crippen LogP contribution in [0.25, 0.3) is 0 Å². The average molecular weight is 486 g/mol. The molecule has 0 radical (unpaired) electrons. The fourth-order valence-corrected chi connectivity index (χ4v) is 6.83. The van der Waals surface area contributed by atoms with Crippen molar-refractivity contribution in [3.05, 3.63) is 34.9 Å². The Labute approximate surface area is 203 Å². The molecule has 5 rings (SSSR count). The number of hydrogen-bond donors (Lipinski definition) is 2. The van der Waals surface area contributed by atoms with Crippen molar-refractivity contribution in [2.24, 2.45) is 16.8 Å². The monoisotopic (exact) mass is 485 g/mol. The lowest BCUT2D eigenvalue weighted by Gasteiger charge is -2.38. The van der Waals surface area contributed by atoms with E-state index in [4.69, 9.17) is 9.47 Å². The highest BCUT2D eigenvalue weighted by Crippen LogP contribution is 2.67. The molecule has 4 aliphatic rings. The van der Waals surface area contributed by atoms with Gasteiger partial charge >= 0.3 is 6.03 Å². The lowest BCUT2D eigenvalue weighted by atomic mass is 9.86. The van der Waals surface area contributed by atoms with Crippen LogP contribution in [-0.2, 0) is 11.2 Å². The molecule has 1 aromatic carbocycles. The molecule has 8 nitrogen and oxygen atoms in total. The zero-order valence-corrected chi connectivity index (χ0v) is 20.6. The van der Waals surface area contributed by atoms with E-state index in [0.29, 0.717) is 36.2 Å². The quantitative estimate of drug-likeness (QED) is 0.642. The SMILES string of the molecule is COc1ccc(CCN(C(=O)NC2=NC=C3SC4(C(=O)C4O)C32)[C@H]2CC[C@H](C)CC2)cc1OC. The summed E-state index contributed by atoms with van der Waals surface area (Å²) in [4.78, 5) is 32.8. The zero-order valence-electron chi connectivity index (χ0n) is 19.7. The van der Waals surface area contributed by atoms with Gasteiger partial charge in [0, 0.05) is 23.7 Å². The van der Waals surface area contributed by atoms with Crippen molar-refractivity contribution in [1.29, 1.82) is 0 Å². The number of fused-ring (bicyclic) bond motifs is 2. The topological polar surface area (TPSA) is 100 Å². The maximum absolute atomic E-state index is 13.5. The lowest BCUT2D eigenvalue weighted by Crippen LogP contribution is -2.53. The number of amides is 2. The molecule has 3 unspecified atom stereocenters. The molecule has 2 N–H and O–H groups in total. The number of carbonyl (C=O) groups is 2. The number of carbonyl (C=O) groups excluding carboxylic acids is 2. The Morgan fingerprint density at radius 1 is 1.24 bits per heavy atom. The third-order valence-electron chi connectivity index (χ3n) is 7.57. The first-order valence-electron chi connectivity index (χ1n) is 11.9. The van der Waals surface area contributed by atoms with Crippen molar-refractivity contribution in [1.82, 2.24) is 10.2 Å². The second-order valence-electron chi connectivity index (χ2n) is 9.62. The number of aliphatic hydroxyl groups excluding tert-OH is 1. The van der Waals surface area contributed by atoms with Crippen LogP contribution in [0.3, 0.4) is 0 Å². The van der Waals surface area contributed by atoms with Gasteiger partial charge in [0.2, 0.25) is 0 Å². The van der Waals surface area contributed by atoms with Gasteiger partial charge in [-0.2, -0.15) is 0 Å². The Hall–Kier alpha value is -2.52. The van der Waals surface area contributed by atoms with Crippen molar-refractivity contribution >= 4 is 29.4 Å². The number of nitrogens with one attached hydrogen (secondary N) is 1. The third-order valence-corrected chi connectivity index (χ3v) is 9.15. The number of ether oxygens (including phenoxy) is 2. The Balaban J connectivity index is 1.29. The summed E-state index contributed by atoms with van der Waals surface area (Å²) < 4.78 is 9.93. The van der Waals surface area contributed by atoms with Gasteiger partial charge in [0.1, 0.15) is 16.7 Å². The molecule has 0 aromatic heterocycles. The van der Waals surface area contributed by atoms with Crippen LogP contribution >= 0.6 is 11.8 Å². The Kier molecular flexibility index (Phi) is 6.10. The largest absolute Gasteiger partial charge is 0.493 e. The normalized spacial score (nSPS) is 31.2. The predicted octanol–water partition coefficient (Wildman–Crippen LogP) is 3.14. The van der Waals surface area contributed by atoms with Crippen LogP contribution < -0.4 is 14.8 Å². The Bertz CT molecular complexity index is 1060. The van der Waals surface area contributed by atoms with E-state index in [2.05, 4.69) is 17.2 Å². The molecule has 1 saturated heterocycles. The fourth-order valence-electron chi connectivity index (χ4n) is 5.38. The summed E-state index contributed by atoms with van der Waals surface area (Å²) in [6.45, 7) is 2.82. The molecule has 182 valence electrons. The molecule has 2 saturated carbocycles. The van der Waals surface area contributed by atoms with Crippen molar-refractivity contribution in [3.8, 4) is 11.5 Å². The molecule has 2 aliphatic heterocycles.